The van der Waals surface area contributed by atoms with Crippen LogP contribution in [0.4, 0.5) is 5.69 Å². The van der Waals surface area contributed by atoms with Gasteiger partial charge in [-0.05, 0) is 6.92 Å². The first-order valence-electron chi connectivity index (χ1n) is 4.85. The lowest BCUT2D eigenvalue weighted by Crippen LogP contribution is -2.40. The van der Waals surface area contributed by atoms with Crippen molar-refractivity contribution in [2.24, 2.45) is 5.92 Å². The fraction of sp³-hybridized carbons (Fsp3) is 0.300. The first-order chi connectivity index (χ1) is 8.06. The van der Waals surface area contributed by atoms with E-state index < -0.39 is 23.6 Å². The van der Waals surface area contributed by atoms with Gasteiger partial charge < -0.3 is 10.1 Å². The lowest BCUT2D eigenvalue weighted by Gasteiger charge is -2.19. The van der Waals surface area contributed by atoms with Gasteiger partial charge in [0.05, 0.1) is 22.2 Å². The molecule has 1 aliphatic heterocycles. The normalized spacial score (nSPS) is 18.6. The Kier molecular flexibility index (Phi) is 3.17. The number of hydrogen-bond donors (Lipinski definition) is 1. The van der Waals surface area contributed by atoms with Crippen LogP contribution < -0.4 is 5.32 Å². The summed E-state index contributed by atoms with van der Waals surface area (Å²) in [5.41, 5.74) is 0.284. The van der Waals surface area contributed by atoms with Crippen LogP contribution in [-0.2, 0) is 14.3 Å². The van der Waals surface area contributed by atoms with Crippen molar-refractivity contribution >= 4 is 46.3 Å². The minimum absolute atomic E-state index is 0.119. The van der Waals surface area contributed by atoms with Crippen molar-refractivity contribution in [3.05, 3.63) is 15.3 Å². The van der Waals surface area contributed by atoms with Crippen LogP contribution in [0.15, 0.2) is 5.38 Å². The first kappa shape index (κ1) is 12.1. The maximum absolute atomic E-state index is 11.9. The number of hydrogen-bond acceptors (Lipinski definition) is 5. The lowest BCUT2D eigenvalue weighted by molar-refractivity contribution is -0.148. The van der Waals surface area contributed by atoms with E-state index in [1.807, 2.05) is 0 Å². The van der Waals surface area contributed by atoms with Crippen molar-refractivity contribution in [1.82, 2.24) is 0 Å². The van der Waals surface area contributed by atoms with Crippen LogP contribution in [0.3, 0.4) is 0 Å². The quantitative estimate of drug-likeness (QED) is 0.658. The Morgan fingerprint density at radius 3 is 2.94 bits per heavy atom. The van der Waals surface area contributed by atoms with Crippen molar-refractivity contribution < 1.29 is 19.1 Å². The second-order valence-corrected chi connectivity index (χ2v) is 4.61. The number of anilines is 1. The van der Waals surface area contributed by atoms with Gasteiger partial charge in [0, 0.05) is 5.38 Å². The third-order valence-electron chi connectivity index (χ3n) is 2.26. The van der Waals surface area contributed by atoms with Crippen LogP contribution in [0.1, 0.15) is 16.6 Å². The molecule has 0 aliphatic carbocycles. The molecule has 1 aromatic rings. The summed E-state index contributed by atoms with van der Waals surface area (Å²) < 4.78 is 4.70. The third-order valence-corrected chi connectivity index (χ3v) is 3.69. The van der Waals surface area contributed by atoms with Crippen LogP contribution in [0, 0.1) is 5.92 Å². The number of nitrogens with one attached hydrogen (secondary N) is 1. The van der Waals surface area contributed by atoms with Gasteiger partial charge in [-0.3, -0.25) is 14.4 Å². The maximum Gasteiger partial charge on any atom is 0.326 e. The lowest BCUT2D eigenvalue weighted by atomic mass is 9.98. The molecule has 90 valence electrons. The molecule has 0 saturated carbocycles. The predicted octanol–water partition coefficient (Wildman–Crippen LogP) is 1.72. The van der Waals surface area contributed by atoms with E-state index in [2.05, 4.69) is 5.32 Å². The van der Waals surface area contributed by atoms with Crippen molar-refractivity contribution in [3.63, 3.8) is 0 Å². The van der Waals surface area contributed by atoms with E-state index in [0.717, 1.165) is 11.3 Å². The number of ether oxygens (including phenoxy) is 1. The van der Waals surface area contributed by atoms with Crippen LogP contribution >= 0.6 is 22.9 Å². The molecule has 0 bridgehead atoms. The zero-order chi connectivity index (χ0) is 12.6. The second-order valence-electron chi connectivity index (χ2n) is 3.33. The molecule has 0 radical (unpaired) electrons. The smallest absolute Gasteiger partial charge is 0.326 e. The van der Waals surface area contributed by atoms with Gasteiger partial charge >= 0.3 is 5.97 Å². The fourth-order valence-corrected chi connectivity index (χ4v) is 2.70. The number of rotatable bonds is 2. The molecular formula is C10H8ClNO4S. The van der Waals surface area contributed by atoms with Crippen molar-refractivity contribution in [2.75, 3.05) is 11.9 Å². The Labute approximate surface area is 106 Å². The molecule has 2 heterocycles. The molecule has 1 atom stereocenters. The van der Waals surface area contributed by atoms with E-state index in [-0.39, 0.29) is 17.2 Å². The number of ketones is 1. The van der Waals surface area contributed by atoms with E-state index in [9.17, 15) is 14.4 Å². The molecule has 1 aromatic heterocycles. The van der Waals surface area contributed by atoms with Gasteiger partial charge in [-0.1, -0.05) is 11.6 Å². The zero-order valence-corrected chi connectivity index (χ0v) is 10.4. The van der Waals surface area contributed by atoms with Gasteiger partial charge in [0.25, 0.3) is 0 Å². The number of halogens is 1. The molecule has 1 amide bonds. The van der Waals surface area contributed by atoms with E-state index >= 15 is 0 Å². The maximum atomic E-state index is 11.9. The molecular weight excluding hydrogens is 266 g/mol. The van der Waals surface area contributed by atoms with Crippen molar-refractivity contribution in [3.8, 4) is 0 Å². The Morgan fingerprint density at radius 2 is 2.29 bits per heavy atom. The molecule has 2 rings (SSSR count). The van der Waals surface area contributed by atoms with E-state index in [0.29, 0.717) is 5.02 Å². The highest BCUT2D eigenvalue weighted by Gasteiger charge is 2.42. The summed E-state index contributed by atoms with van der Waals surface area (Å²) >= 11 is 6.90. The molecule has 1 aliphatic rings. The third kappa shape index (κ3) is 1.94. The highest BCUT2D eigenvalue weighted by Crippen LogP contribution is 2.37. The van der Waals surface area contributed by atoms with Gasteiger partial charge in [-0.15, -0.1) is 11.3 Å². The number of amides is 1. The van der Waals surface area contributed by atoms with E-state index in [4.69, 9.17) is 16.3 Å². The fourth-order valence-electron chi connectivity index (χ4n) is 1.52. The summed E-state index contributed by atoms with van der Waals surface area (Å²) in [6, 6.07) is 0. The van der Waals surface area contributed by atoms with Crippen LogP contribution in [0.25, 0.3) is 0 Å². The average Bonchev–Trinajstić information content (AvgIpc) is 2.61. The van der Waals surface area contributed by atoms with Gasteiger partial charge in [0.15, 0.2) is 11.7 Å². The Bertz CT molecular complexity index is 510. The highest BCUT2D eigenvalue weighted by molar-refractivity contribution is 7.13. The summed E-state index contributed by atoms with van der Waals surface area (Å²) in [7, 11) is 0. The Morgan fingerprint density at radius 1 is 1.59 bits per heavy atom. The summed E-state index contributed by atoms with van der Waals surface area (Å²) in [5.74, 6) is -3.50. The standard InChI is InChI=1S/C10H8ClNO4S/c1-2-16-10(15)5-7(13)8-6(12-9(5)14)4(11)3-17-8/h3,5H,2H2,1H3,(H,12,14). The van der Waals surface area contributed by atoms with Crippen molar-refractivity contribution in [2.45, 2.75) is 6.92 Å². The molecule has 0 spiro atoms. The number of Topliss-reactive ketones (excluding diaryl/α,β-unsaturated/α-hetero) is 1. The number of carbonyl (C=O) groups excluding carboxylic acids is 3. The number of fused-ring (bicyclic) bond motifs is 1. The number of thiophene rings is 1. The van der Waals surface area contributed by atoms with Gasteiger partial charge in [-0.2, -0.15) is 0 Å². The SMILES string of the molecule is CCOC(=O)C1C(=O)Nc2c(Cl)csc2C1=O. The molecule has 1 unspecified atom stereocenters. The summed E-state index contributed by atoms with van der Waals surface area (Å²) in [6.45, 7) is 1.73. The van der Waals surface area contributed by atoms with Crippen molar-refractivity contribution in [1.29, 1.82) is 0 Å². The van der Waals surface area contributed by atoms with Crippen LogP contribution in [0.2, 0.25) is 5.02 Å². The number of carbonyl (C=O) groups is 3. The monoisotopic (exact) mass is 273 g/mol. The van der Waals surface area contributed by atoms with Gasteiger partial charge in [0.2, 0.25) is 5.91 Å². The molecule has 5 nitrogen and oxygen atoms in total. The minimum atomic E-state index is -1.42. The summed E-state index contributed by atoms with van der Waals surface area (Å²) in [4.78, 5) is 35.4. The Balaban J connectivity index is 2.37. The first-order valence-corrected chi connectivity index (χ1v) is 6.10. The largest absolute Gasteiger partial charge is 0.465 e. The van der Waals surface area contributed by atoms with Crippen LogP contribution in [0.5, 0.6) is 0 Å². The summed E-state index contributed by atoms with van der Waals surface area (Å²) in [6.07, 6.45) is 0. The van der Waals surface area contributed by atoms with Gasteiger partial charge in [-0.25, -0.2) is 0 Å². The highest BCUT2D eigenvalue weighted by atomic mass is 35.5. The van der Waals surface area contributed by atoms with Crippen LogP contribution in [-0.4, -0.2) is 24.3 Å². The predicted molar refractivity (Wildman–Crippen MR) is 62.4 cm³/mol. The van der Waals surface area contributed by atoms with E-state index in [1.165, 1.54) is 5.38 Å². The molecule has 7 heteroatoms. The zero-order valence-electron chi connectivity index (χ0n) is 8.78. The van der Waals surface area contributed by atoms with Gasteiger partial charge in [0.1, 0.15) is 0 Å². The second kappa shape index (κ2) is 4.46. The van der Waals surface area contributed by atoms with E-state index in [1.54, 1.807) is 6.92 Å². The summed E-state index contributed by atoms with van der Waals surface area (Å²) in [5, 5.41) is 4.29. The molecule has 17 heavy (non-hydrogen) atoms. The topological polar surface area (TPSA) is 72.5 Å². The molecule has 0 saturated heterocycles. The number of esters is 1. The molecule has 0 aromatic carbocycles. The molecule has 0 fully saturated rings. The molecule has 1 N–H and O–H groups in total. The Hall–Kier alpha value is -1.40. The minimum Gasteiger partial charge on any atom is -0.465 e. The average molecular weight is 274 g/mol.